The van der Waals surface area contributed by atoms with Gasteiger partial charge in [-0.3, -0.25) is 4.79 Å². The van der Waals surface area contributed by atoms with Crippen LogP contribution >= 0.6 is 12.4 Å². The summed E-state index contributed by atoms with van der Waals surface area (Å²) in [4.78, 5) is 12.5. The average molecular weight is 339 g/mol. The molecular weight excluding hydrogens is 316 g/mol. The predicted molar refractivity (Wildman–Crippen MR) is 92.3 cm³/mol. The lowest BCUT2D eigenvalue weighted by atomic mass is 9.94. The van der Waals surface area contributed by atoms with Crippen molar-refractivity contribution in [3.05, 3.63) is 29.3 Å². The van der Waals surface area contributed by atoms with E-state index in [0.717, 1.165) is 36.6 Å². The van der Waals surface area contributed by atoms with Gasteiger partial charge in [0.2, 0.25) is 0 Å². The van der Waals surface area contributed by atoms with E-state index < -0.39 is 0 Å². The van der Waals surface area contributed by atoms with E-state index in [1.165, 1.54) is 0 Å². The minimum atomic E-state index is -0.0472. The molecule has 1 aromatic rings. The van der Waals surface area contributed by atoms with Crippen LogP contribution in [0.5, 0.6) is 11.5 Å². The highest BCUT2D eigenvalue weighted by molar-refractivity contribution is 5.99. The molecule has 5 nitrogen and oxygen atoms in total. The summed E-state index contributed by atoms with van der Waals surface area (Å²) in [5.74, 6) is 1.98. The molecule has 0 aliphatic carbocycles. The molecule has 2 atom stereocenters. The third-order valence-electron chi connectivity index (χ3n) is 4.37. The second-order valence-electron chi connectivity index (χ2n) is 5.91. The number of hydrogen-bond donors (Lipinski definition) is 2. The van der Waals surface area contributed by atoms with Gasteiger partial charge in [-0.25, -0.2) is 0 Å². The molecule has 1 amide bonds. The lowest BCUT2D eigenvalue weighted by Crippen LogP contribution is -2.50. The molecule has 2 heterocycles. The van der Waals surface area contributed by atoms with Crippen LogP contribution in [0.15, 0.2) is 23.8 Å². The smallest absolute Gasteiger partial charge is 0.250 e. The van der Waals surface area contributed by atoms with E-state index in [2.05, 4.69) is 17.6 Å². The van der Waals surface area contributed by atoms with Gasteiger partial charge < -0.3 is 20.1 Å². The van der Waals surface area contributed by atoms with E-state index >= 15 is 0 Å². The van der Waals surface area contributed by atoms with Crippen LogP contribution in [0.25, 0.3) is 6.08 Å². The van der Waals surface area contributed by atoms with Crippen LogP contribution in [0.3, 0.4) is 0 Å². The summed E-state index contributed by atoms with van der Waals surface area (Å²) in [6.07, 6.45) is 2.97. The molecule has 23 heavy (non-hydrogen) atoms. The summed E-state index contributed by atoms with van der Waals surface area (Å²) in [7, 11) is 1.63. The Bertz CT molecular complexity index is 604. The SMILES string of the molecule is COc1ccc2c(c1)C=C(C(=O)NC1CNCCC1C)CO2.Cl. The molecule has 2 aliphatic rings. The van der Waals surface area contributed by atoms with Crippen LogP contribution < -0.4 is 20.1 Å². The number of ether oxygens (including phenoxy) is 2. The lowest BCUT2D eigenvalue weighted by molar-refractivity contribution is -0.118. The topological polar surface area (TPSA) is 59.6 Å². The van der Waals surface area contributed by atoms with Crippen LogP contribution in [0.4, 0.5) is 0 Å². The van der Waals surface area contributed by atoms with Crippen LogP contribution in [0, 0.1) is 5.92 Å². The van der Waals surface area contributed by atoms with Gasteiger partial charge in [0.25, 0.3) is 5.91 Å². The Morgan fingerprint density at radius 1 is 1.43 bits per heavy atom. The van der Waals surface area contributed by atoms with E-state index in [1.54, 1.807) is 7.11 Å². The Balaban J connectivity index is 0.00000192. The minimum absolute atomic E-state index is 0. The molecule has 2 unspecified atom stereocenters. The Morgan fingerprint density at radius 2 is 2.26 bits per heavy atom. The largest absolute Gasteiger partial charge is 0.497 e. The van der Waals surface area contributed by atoms with Crippen molar-refractivity contribution in [3.8, 4) is 11.5 Å². The number of methoxy groups -OCH3 is 1. The second kappa shape index (κ2) is 7.70. The van der Waals surface area contributed by atoms with Crippen molar-refractivity contribution in [1.82, 2.24) is 10.6 Å². The summed E-state index contributed by atoms with van der Waals surface area (Å²) in [6.45, 7) is 4.33. The van der Waals surface area contributed by atoms with Gasteiger partial charge in [-0.05, 0) is 43.2 Å². The quantitative estimate of drug-likeness (QED) is 0.885. The molecule has 1 aromatic carbocycles. The average Bonchev–Trinajstić information content (AvgIpc) is 2.55. The fourth-order valence-corrected chi connectivity index (χ4v) is 2.86. The first-order chi connectivity index (χ1) is 10.7. The highest BCUT2D eigenvalue weighted by atomic mass is 35.5. The Morgan fingerprint density at radius 3 is 3.00 bits per heavy atom. The maximum atomic E-state index is 12.5. The normalized spacial score (nSPS) is 22.8. The van der Waals surface area contributed by atoms with Gasteiger partial charge in [0.15, 0.2) is 0 Å². The highest BCUT2D eigenvalue weighted by Crippen LogP contribution is 2.30. The first-order valence-corrected chi connectivity index (χ1v) is 7.70. The molecule has 1 saturated heterocycles. The van der Waals surface area contributed by atoms with Crippen molar-refractivity contribution in [2.75, 3.05) is 26.8 Å². The molecule has 0 saturated carbocycles. The van der Waals surface area contributed by atoms with Crippen molar-refractivity contribution in [2.24, 2.45) is 5.92 Å². The van der Waals surface area contributed by atoms with E-state index in [-0.39, 0.29) is 24.4 Å². The lowest BCUT2D eigenvalue weighted by Gasteiger charge is -2.30. The number of carbonyl (C=O) groups is 1. The summed E-state index contributed by atoms with van der Waals surface area (Å²) in [5.41, 5.74) is 1.53. The standard InChI is InChI=1S/C17H22N2O3.ClH/c1-11-5-6-18-9-15(11)19-17(20)13-7-12-8-14(21-2)3-4-16(12)22-10-13;/h3-4,7-8,11,15,18H,5-6,9-10H2,1-2H3,(H,19,20);1H. The van der Waals surface area contributed by atoms with Crippen LogP contribution in [0.2, 0.25) is 0 Å². The minimum Gasteiger partial charge on any atom is -0.497 e. The molecule has 1 fully saturated rings. The van der Waals surface area contributed by atoms with Crippen LogP contribution in [-0.2, 0) is 4.79 Å². The van der Waals surface area contributed by atoms with Gasteiger partial charge in [0.1, 0.15) is 18.1 Å². The fourth-order valence-electron chi connectivity index (χ4n) is 2.86. The van der Waals surface area contributed by atoms with E-state index in [1.807, 2.05) is 24.3 Å². The number of fused-ring (bicyclic) bond motifs is 1. The number of piperidine rings is 1. The maximum absolute atomic E-state index is 12.5. The number of hydrogen-bond acceptors (Lipinski definition) is 4. The number of amides is 1. The molecule has 126 valence electrons. The van der Waals surface area contributed by atoms with Crippen LogP contribution in [-0.4, -0.2) is 38.8 Å². The first kappa shape index (κ1) is 17.6. The van der Waals surface area contributed by atoms with Crippen molar-refractivity contribution in [1.29, 1.82) is 0 Å². The second-order valence-corrected chi connectivity index (χ2v) is 5.91. The van der Waals surface area contributed by atoms with E-state index in [9.17, 15) is 4.79 Å². The monoisotopic (exact) mass is 338 g/mol. The molecule has 2 aliphatic heterocycles. The maximum Gasteiger partial charge on any atom is 0.250 e. The van der Waals surface area contributed by atoms with Gasteiger partial charge in [0, 0.05) is 18.2 Å². The molecule has 0 bridgehead atoms. The number of rotatable bonds is 3. The number of carbonyl (C=O) groups excluding carboxylic acids is 1. The zero-order chi connectivity index (χ0) is 15.5. The third kappa shape index (κ3) is 3.98. The molecule has 2 N–H and O–H groups in total. The Hall–Kier alpha value is -1.72. The third-order valence-corrected chi connectivity index (χ3v) is 4.37. The molecule has 0 spiro atoms. The number of benzene rings is 1. The summed E-state index contributed by atoms with van der Waals surface area (Å²) in [6, 6.07) is 5.78. The highest BCUT2D eigenvalue weighted by Gasteiger charge is 2.25. The molecule has 3 rings (SSSR count). The van der Waals surface area contributed by atoms with Crippen molar-refractivity contribution >= 4 is 24.4 Å². The summed E-state index contributed by atoms with van der Waals surface area (Å²) < 4.78 is 10.9. The summed E-state index contributed by atoms with van der Waals surface area (Å²) in [5, 5.41) is 6.44. The van der Waals surface area contributed by atoms with Gasteiger partial charge in [-0.15, -0.1) is 12.4 Å². The van der Waals surface area contributed by atoms with E-state index in [4.69, 9.17) is 9.47 Å². The van der Waals surface area contributed by atoms with Gasteiger partial charge in [-0.1, -0.05) is 6.92 Å². The van der Waals surface area contributed by atoms with Gasteiger partial charge in [0.05, 0.1) is 12.7 Å². The van der Waals surface area contributed by atoms with Crippen molar-refractivity contribution in [3.63, 3.8) is 0 Å². The molecular formula is C17H23ClN2O3. The number of nitrogens with one attached hydrogen (secondary N) is 2. The van der Waals surface area contributed by atoms with Crippen LogP contribution in [0.1, 0.15) is 18.9 Å². The molecule has 0 aromatic heterocycles. The fraction of sp³-hybridized carbons (Fsp3) is 0.471. The van der Waals surface area contributed by atoms with E-state index in [0.29, 0.717) is 18.1 Å². The van der Waals surface area contributed by atoms with Gasteiger partial charge in [-0.2, -0.15) is 0 Å². The van der Waals surface area contributed by atoms with Crippen molar-refractivity contribution < 1.29 is 14.3 Å². The molecule has 0 radical (unpaired) electrons. The molecule has 6 heteroatoms. The predicted octanol–water partition coefficient (Wildman–Crippen LogP) is 2.01. The zero-order valence-electron chi connectivity index (χ0n) is 13.4. The Kier molecular flexibility index (Phi) is 5.91. The van der Waals surface area contributed by atoms with Gasteiger partial charge >= 0.3 is 0 Å². The Labute approximate surface area is 142 Å². The summed E-state index contributed by atoms with van der Waals surface area (Å²) >= 11 is 0. The van der Waals surface area contributed by atoms with Crippen molar-refractivity contribution in [2.45, 2.75) is 19.4 Å². The first-order valence-electron chi connectivity index (χ1n) is 7.70. The zero-order valence-corrected chi connectivity index (χ0v) is 14.2. The number of halogens is 1.